The molecule has 1 amide bonds. The van der Waals surface area contributed by atoms with Crippen LogP contribution in [-0.4, -0.2) is 49.7 Å². The van der Waals surface area contributed by atoms with Crippen molar-refractivity contribution in [1.29, 1.82) is 0 Å². The molecule has 1 aromatic rings. The van der Waals surface area contributed by atoms with E-state index >= 15 is 0 Å². The van der Waals surface area contributed by atoms with Crippen LogP contribution in [0.15, 0.2) is 22.7 Å². The third-order valence-electron chi connectivity index (χ3n) is 3.05. The molecular weight excluding hydrogens is 348 g/mol. The molecule has 0 aliphatic carbocycles. The van der Waals surface area contributed by atoms with E-state index in [0.717, 1.165) is 8.78 Å². The van der Waals surface area contributed by atoms with Crippen LogP contribution in [0.3, 0.4) is 0 Å². The molecule has 1 heterocycles. The molecule has 0 saturated carbocycles. The van der Waals surface area contributed by atoms with Gasteiger partial charge in [0, 0.05) is 41.9 Å². The third kappa shape index (κ3) is 3.48. The number of rotatable bonds is 2. The molecule has 1 saturated heterocycles. The minimum Gasteiger partial charge on any atom is -0.399 e. The summed E-state index contributed by atoms with van der Waals surface area (Å²) in [4.78, 5) is 13.9. The summed E-state index contributed by atoms with van der Waals surface area (Å²) in [6.07, 6.45) is 0. The number of benzene rings is 1. The Hall–Kier alpha value is -1.16. The molecule has 1 fully saturated rings. The van der Waals surface area contributed by atoms with Gasteiger partial charge in [0.25, 0.3) is 16.1 Å². The topological polar surface area (TPSA) is 110 Å². The van der Waals surface area contributed by atoms with Crippen LogP contribution >= 0.6 is 15.9 Å². The van der Waals surface area contributed by atoms with Gasteiger partial charge in [-0.25, -0.2) is 5.14 Å². The largest absolute Gasteiger partial charge is 0.399 e. The van der Waals surface area contributed by atoms with E-state index in [9.17, 15) is 13.2 Å². The Labute approximate surface area is 125 Å². The van der Waals surface area contributed by atoms with Gasteiger partial charge in [-0.3, -0.25) is 4.79 Å². The molecule has 1 aliphatic heterocycles. The van der Waals surface area contributed by atoms with Crippen LogP contribution in [0.25, 0.3) is 0 Å². The lowest BCUT2D eigenvalue weighted by Crippen LogP contribution is -2.52. The van der Waals surface area contributed by atoms with Gasteiger partial charge in [-0.15, -0.1) is 0 Å². The molecule has 1 aliphatic rings. The summed E-state index contributed by atoms with van der Waals surface area (Å²) in [5.74, 6) is -0.174. The molecule has 20 heavy (non-hydrogen) atoms. The lowest BCUT2D eigenvalue weighted by Gasteiger charge is -2.33. The van der Waals surface area contributed by atoms with E-state index in [2.05, 4.69) is 15.9 Å². The highest BCUT2D eigenvalue weighted by atomic mass is 79.9. The summed E-state index contributed by atoms with van der Waals surface area (Å²) in [7, 11) is -3.69. The highest BCUT2D eigenvalue weighted by molar-refractivity contribution is 9.10. The Kier molecular flexibility index (Phi) is 4.33. The van der Waals surface area contributed by atoms with Gasteiger partial charge < -0.3 is 10.6 Å². The number of carbonyl (C=O) groups excluding carboxylic acids is 1. The molecule has 0 aromatic heterocycles. The van der Waals surface area contributed by atoms with Crippen molar-refractivity contribution in [1.82, 2.24) is 9.21 Å². The van der Waals surface area contributed by atoms with E-state index in [4.69, 9.17) is 10.9 Å². The molecule has 2 rings (SSSR count). The number of nitrogens with two attached hydrogens (primary N) is 2. The second kappa shape index (κ2) is 5.68. The highest BCUT2D eigenvalue weighted by Crippen LogP contribution is 2.19. The Morgan fingerprint density at radius 1 is 1.15 bits per heavy atom. The molecule has 0 bridgehead atoms. The van der Waals surface area contributed by atoms with Crippen molar-refractivity contribution in [2.45, 2.75) is 0 Å². The fourth-order valence-electron chi connectivity index (χ4n) is 2.06. The average molecular weight is 363 g/mol. The fraction of sp³-hybridized carbons (Fsp3) is 0.364. The van der Waals surface area contributed by atoms with Crippen LogP contribution in [0.1, 0.15) is 10.4 Å². The molecule has 4 N–H and O–H groups in total. The molecule has 0 spiro atoms. The number of carbonyl (C=O) groups is 1. The second-order valence-electron chi connectivity index (χ2n) is 4.51. The zero-order chi connectivity index (χ0) is 14.9. The average Bonchev–Trinajstić information content (AvgIpc) is 2.36. The van der Waals surface area contributed by atoms with Gasteiger partial charge in [-0.05, 0) is 18.2 Å². The quantitative estimate of drug-likeness (QED) is 0.721. The standard InChI is InChI=1S/C11H15BrN4O3S/c12-9-5-8(6-10(13)7-9)11(17)15-1-3-16(4-2-15)20(14,18)19/h5-7H,1-4,13H2,(H2,14,18,19). The van der Waals surface area contributed by atoms with E-state index in [-0.39, 0.29) is 19.0 Å². The van der Waals surface area contributed by atoms with E-state index < -0.39 is 10.2 Å². The summed E-state index contributed by atoms with van der Waals surface area (Å²) < 4.78 is 24.3. The minimum absolute atomic E-state index is 0.174. The van der Waals surface area contributed by atoms with E-state index in [1.165, 1.54) is 0 Å². The van der Waals surface area contributed by atoms with Crippen LogP contribution < -0.4 is 10.9 Å². The number of halogens is 1. The fourth-order valence-corrected chi connectivity index (χ4v) is 3.25. The van der Waals surface area contributed by atoms with Crippen LogP contribution in [0.5, 0.6) is 0 Å². The summed E-state index contributed by atoms with van der Waals surface area (Å²) in [6.45, 7) is 1.02. The van der Waals surface area contributed by atoms with Crippen LogP contribution in [0.4, 0.5) is 5.69 Å². The maximum Gasteiger partial charge on any atom is 0.277 e. The Bertz CT molecular complexity index is 606. The van der Waals surface area contributed by atoms with Crippen LogP contribution in [-0.2, 0) is 10.2 Å². The molecule has 0 radical (unpaired) electrons. The van der Waals surface area contributed by atoms with Crippen molar-refractivity contribution < 1.29 is 13.2 Å². The second-order valence-corrected chi connectivity index (χ2v) is 6.97. The van der Waals surface area contributed by atoms with Crippen molar-refractivity contribution in [2.75, 3.05) is 31.9 Å². The lowest BCUT2D eigenvalue weighted by atomic mass is 10.1. The number of nitrogens with zero attached hydrogens (tertiary/aromatic N) is 2. The third-order valence-corrected chi connectivity index (χ3v) is 4.60. The van der Waals surface area contributed by atoms with Gasteiger partial charge in [0.2, 0.25) is 0 Å². The molecule has 7 nitrogen and oxygen atoms in total. The van der Waals surface area contributed by atoms with E-state index in [1.54, 1.807) is 23.1 Å². The molecule has 9 heteroatoms. The molecule has 0 unspecified atom stereocenters. The number of anilines is 1. The first-order valence-electron chi connectivity index (χ1n) is 5.90. The lowest BCUT2D eigenvalue weighted by molar-refractivity contribution is 0.0698. The summed E-state index contributed by atoms with van der Waals surface area (Å²) in [5, 5.41) is 5.05. The molecular formula is C11H15BrN4O3S. The SMILES string of the molecule is Nc1cc(Br)cc(C(=O)N2CCN(S(N)(=O)=O)CC2)c1. The van der Waals surface area contributed by atoms with Crippen molar-refractivity contribution in [3.63, 3.8) is 0 Å². The Morgan fingerprint density at radius 3 is 2.25 bits per heavy atom. The highest BCUT2D eigenvalue weighted by Gasteiger charge is 2.27. The maximum atomic E-state index is 12.3. The normalized spacial score (nSPS) is 17.2. The number of piperazine rings is 1. The Morgan fingerprint density at radius 2 is 1.75 bits per heavy atom. The van der Waals surface area contributed by atoms with Crippen molar-refractivity contribution >= 4 is 37.7 Å². The van der Waals surface area contributed by atoms with Crippen molar-refractivity contribution in [2.24, 2.45) is 5.14 Å². The number of hydrogen-bond donors (Lipinski definition) is 2. The van der Waals surface area contributed by atoms with Crippen LogP contribution in [0.2, 0.25) is 0 Å². The van der Waals surface area contributed by atoms with Gasteiger partial charge in [-0.1, -0.05) is 15.9 Å². The van der Waals surface area contributed by atoms with Gasteiger partial charge in [0.1, 0.15) is 0 Å². The summed E-state index contributed by atoms with van der Waals surface area (Å²) >= 11 is 3.29. The zero-order valence-corrected chi connectivity index (χ0v) is 13.0. The van der Waals surface area contributed by atoms with Crippen molar-refractivity contribution in [3.8, 4) is 0 Å². The number of hydrogen-bond acceptors (Lipinski definition) is 4. The van der Waals surface area contributed by atoms with Gasteiger partial charge in [-0.2, -0.15) is 12.7 Å². The minimum atomic E-state index is -3.69. The summed E-state index contributed by atoms with van der Waals surface area (Å²) in [6, 6.07) is 4.99. The van der Waals surface area contributed by atoms with E-state index in [0.29, 0.717) is 24.3 Å². The monoisotopic (exact) mass is 362 g/mol. The van der Waals surface area contributed by atoms with Gasteiger partial charge in [0.05, 0.1) is 0 Å². The number of nitrogen functional groups attached to an aromatic ring is 1. The summed E-state index contributed by atoms with van der Waals surface area (Å²) in [5.41, 5.74) is 6.67. The molecule has 110 valence electrons. The predicted octanol–water partition coefficient (Wildman–Crippen LogP) is -0.00740. The van der Waals surface area contributed by atoms with E-state index in [1.807, 2.05) is 0 Å². The van der Waals surface area contributed by atoms with Gasteiger partial charge >= 0.3 is 0 Å². The maximum absolute atomic E-state index is 12.3. The first-order chi connectivity index (χ1) is 9.27. The number of amides is 1. The first kappa shape index (κ1) is 15.2. The smallest absolute Gasteiger partial charge is 0.277 e. The molecule has 0 atom stereocenters. The van der Waals surface area contributed by atoms with Crippen LogP contribution in [0, 0.1) is 0 Å². The Balaban J connectivity index is 2.09. The molecule has 1 aromatic carbocycles. The predicted molar refractivity (Wildman–Crippen MR) is 79.1 cm³/mol. The zero-order valence-electron chi connectivity index (χ0n) is 10.6. The van der Waals surface area contributed by atoms with Gasteiger partial charge in [0.15, 0.2) is 0 Å². The first-order valence-corrected chi connectivity index (χ1v) is 8.20. The van der Waals surface area contributed by atoms with Crippen molar-refractivity contribution in [3.05, 3.63) is 28.2 Å².